The van der Waals surface area contributed by atoms with Gasteiger partial charge in [0.25, 0.3) is 0 Å². The van der Waals surface area contributed by atoms with Gasteiger partial charge in [-0.15, -0.1) is 0 Å². The standard InChI is InChI=1S/C3H3Br3F2/c4-2(1-7)3(5,6)8/h2H,1H2. The van der Waals surface area contributed by atoms with E-state index in [-0.39, 0.29) is 0 Å². The van der Waals surface area contributed by atoms with Crippen LogP contribution in [-0.2, 0) is 0 Å². The van der Waals surface area contributed by atoms with Gasteiger partial charge < -0.3 is 0 Å². The predicted octanol–water partition coefficient (Wildman–Crippen LogP) is 3.13. The lowest BCUT2D eigenvalue weighted by atomic mass is 10.5. The highest BCUT2D eigenvalue weighted by Gasteiger charge is 2.30. The number of hydrogen-bond donors (Lipinski definition) is 0. The summed E-state index contributed by atoms with van der Waals surface area (Å²) >= 11 is 7.89. The Morgan fingerprint density at radius 2 is 1.88 bits per heavy atom. The van der Waals surface area contributed by atoms with E-state index in [2.05, 4.69) is 47.8 Å². The van der Waals surface area contributed by atoms with Gasteiger partial charge in [0.15, 0.2) is 0 Å². The zero-order valence-corrected chi connectivity index (χ0v) is 8.43. The van der Waals surface area contributed by atoms with Crippen LogP contribution in [0.25, 0.3) is 0 Å². The molecule has 0 saturated heterocycles. The Bertz CT molecular complexity index is 69.4. The third-order valence-corrected chi connectivity index (χ3v) is 3.70. The van der Waals surface area contributed by atoms with Crippen molar-refractivity contribution in [2.24, 2.45) is 0 Å². The second-order valence-corrected chi connectivity index (χ2v) is 5.64. The highest BCUT2D eigenvalue weighted by molar-refractivity contribution is 9.26. The van der Waals surface area contributed by atoms with E-state index in [0.717, 1.165) is 0 Å². The molecular weight excluding hydrogens is 314 g/mol. The maximum absolute atomic E-state index is 12.3. The predicted molar refractivity (Wildman–Crippen MR) is 40.4 cm³/mol. The van der Waals surface area contributed by atoms with Crippen LogP contribution in [0.15, 0.2) is 0 Å². The molecule has 1 atom stereocenters. The van der Waals surface area contributed by atoms with Crippen molar-refractivity contribution in [3.05, 3.63) is 0 Å². The summed E-state index contributed by atoms with van der Waals surface area (Å²) < 4.78 is 22.0. The summed E-state index contributed by atoms with van der Waals surface area (Å²) in [5.74, 6) is 0. The molecule has 0 bridgehead atoms. The Labute approximate surface area is 71.4 Å². The van der Waals surface area contributed by atoms with Gasteiger partial charge >= 0.3 is 0 Å². The lowest BCUT2D eigenvalue weighted by Gasteiger charge is -2.12. The van der Waals surface area contributed by atoms with Crippen molar-refractivity contribution >= 4 is 47.8 Å². The molecule has 0 fully saturated rings. The van der Waals surface area contributed by atoms with Gasteiger partial charge in [-0.2, -0.15) is 0 Å². The van der Waals surface area contributed by atoms with E-state index in [1.165, 1.54) is 0 Å². The average Bonchev–Trinajstić information content (AvgIpc) is 1.62. The molecule has 0 nitrogen and oxygen atoms in total. The van der Waals surface area contributed by atoms with Crippen molar-refractivity contribution in [3.63, 3.8) is 0 Å². The van der Waals surface area contributed by atoms with Crippen LogP contribution in [-0.4, -0.2) is 15.0 Å². The quantitative estimate of drug-likeness (QED) is 0.687. The molecule has 0 rings (SSSR count). The summed E-state index contributed by atoms with van der Waals surface area (Å²) in [4.78, 5) is -0.838. The molecule has 8 heavy (non-hydrogen) atoms. The van der Waals surface area contributed by atoms with E-state index >= 15 is 0 Å². The van der Waals surface area contributed by atoms with Gasteiger partial charge in [-0.25, -0.2) is 8.78 Å². The molecule has 0 amide bonds. The third kappa shape index (κ3) is 3.35. The number of hydrogen-bond acceptors (Lipinski definition) is 0. The van der Waals surface area contributed by atoms with Crippen LogP contribution in [0.1, 0.15) is 0 Å². The van der Waals surface area contributed by atoms with Crippen molar-refractivity contribution in [2.75, 3.05) is 6.67 Å². The van der Waals surface area contributed by atoms with Crippen LogP contribution >= 0.6 is 47.8 Å². The lowest BCUT2D eigenvalue weighted by molar-refractivity contribution is 0.368. The molecule has 0 radical (unpaired) electrons. The van der Waals surface area contributed by atoms with Gasteiger partial charge in [0.2, 0.25) is 3.49 Å². The molecule has 50 valence electrons. The van der Waals surface area contributed by atoms with Gasteiger partial charge in [-0.3, -0.25) is 0 Å². The lowest BCUT2D eigenvalue weighted by Crippen LogP contribution is -2.20. The fraction of sp³-hybridized carbons (Fsp3) is 1.00. The Kier molecular flexibility index (Phi) is 4.03. The minimum Gasteiger partial charge on any atom is -0.250 e. The summed E-state index contributed by atoms with van der Waals surface area (Å²) in [7, 11) is 0. The van der Waals surface area contributed by atoms with Crippen LogP contribution in [0, 0.1) is 0 Å². The second kappa shape index (κ2) is 3.46. The molecular formula is C3H3Br3F2. The molecule has 1 unspecified atom stereocenters. The van der Waals surface area contributed by atoms with E-state index < -0.39 is 15.0 Å². The molecule has 0 aromatic carbocycles. The van der Waals surface area contributed by atoms with Gasteiger partial charge in [0.05, 0.1) is 4.83 Å². The van der Waals surface area contributed by atoms with E-state index in [9.17, 15) is 8.78 Å². The van der Waals surface area contributed by atoms with Gasteiger partial charge in [-0.1, -0.05) is 15.9 Å². The summed E-state index contributed by atoms with van der Waals surface area (Å²) in [5, 5.41) is 0. The maximum atomic E-state index is 12.3. The largest absolute Gasteiger partial charge is 0.250 e. The molecule has 0 spiro atoms. The molecule has 0 aliphatic heterocycles. The van der Waals surface area contributed by atoms with Crippen LogP contribution < -0.4 is 0 Å². The molecule has 0 aliphatic rings. The highest BCUT2D eigenvalue weighted by atomic mass is 79.9. The molecule has 5 heteroatoms. The van der Waals surface area contributed by atoms with Crippen molar-refractivity contribution in [1.82, 2.24) is 0 Å². The van der Waals surface area contributed by atoms with Crippen molar-refractivity contribution in [1.29, 1.82) is 0 Å². The van der Waals surface area contributed by atoms with Crippen molar-refractivity contribution < 1.29 is 8.78 Å². The van der Waals surface area contributed by atoms with E-state index in [1.807, 2.05) is 0 Å². The van der Waals surface area contributed by atoms with Gasteiger partial charge in [-0.05, 0) is 31.9 Å². The fourth-order valence-corrected chi connectivity index (χ4v) is 0.332. The third-order valence-electron chi connectivity index (χ3n) is 0.491. The zero-order chi connectivity index (χ0) is 6.78. The number of halogens is 5. The van der Waals surface area contributed by atoms with E-state index in [0.29, 0.717) is 0 Å². The Balaban J connectivity index is 3.62. The number of alkyl halides is 5. The minimum absolute atomic E-state index is 0.757. The highest BCUT2D eigenvalue weighted by Crippen LogP contribution is 2.36. The van der Waals surface area contributed by atoms with Crippen LogP contribution in [0.3, 0.4) is 0 Å². The summed E-state index contributed by atoms with van der Waals surface area (Å²) in [5.41, 5.74) is 0. The molecule has 0 aromatic heterocycles. The van der Waals surface area contributed by atoms with Crippen LogP contribution in [0.2, 0.25) is 0 Å². The SMILES string of the molecule is FCC(Br)C(F)(Br)Br. The first-order chi connectivity index (χ1) is 3.48. The molecule has 0 N–H and O–H groups in total. The van der Waals surface area contributed by atoms with Crippen molar-refractivity contribution in [2.45, 2.75) is 8.31 Å². The van der Waals surface area contributed by atoms with Gasteiger partial charge in [0, 0.05) is 0 Å². The van der Waals surface area contributed by atoms with Gasteiger partial charge in [0.1, 0.15) is 6.67 Å². The zero-order valence-electron chi connectivity index (χ0n) is 3.67. The smallest absolute Gasteiger partial charge is 0.233 e. The topological polar surface area (TPSA) is 0 Å². The minimum atomic E-state index is -1.82. The molecule has 0 aliphatic carbocycles. The van der Waals surface area contributed by atoms with E-state index in [4.69, 9.17) is 0 Å². The molecule has 0 saturated carbocycles. The van der Waals surface area contributed by atoms with E-state index in [1.54, 1.807) is 0 Å². The normalized spacial score (nSPS) is 16.1. The monoisotopic (exact) mass is 314 g/mol. The Hall–Kier alpha value is 1.30. The first-order valence-corrected chi connectivity index (χ1v) is 4.25. The van der Waals surface area contributed by atoms with Crippen LogP contribution in [0.5, 0.6) is 0 Å². The first-order valence-electron chi connectivity index (χ1n) is 1.75. The fourth-order valence-electron chi connectivity index (χ4n) is 0.0875. The second-order valence-electron chi connectivity index (χ2n) is 1.16. The molecule has 0 heterocycles. The first kappa shape index (κ1) is 9.30. The summed E-state index contributed by atoms with van der Waals surface area (Å²) in [6.45, 7) is -0.757. The maximum Gasteiger partial charge on any atom is 0.233 e. The number of rotatable bonds is 2. The Morgan fingerprint density at radius 1 is 1.50 bits per heavy atom. The summed E-state index contributed by atoms with van der Waals surface area (Å²) in [6.07, 6.45) is 0. The Morgan fingerprint density at radius 3 is 1.88 bits per heavy atom. The molecule has 0 aromatic rings. The van der Waals surface area contributed by atoms with Crippen LogP contribution in [0.4, 0.5) is 8.78 Å². The summed E-state index contributed by atoms with van der Waals surface area (Å²) in [6, 6.07) is 0. The van der Waals surface area contributed by atoms with Crippen molar-refractivity contribution in [3.8, 4) is 0 Å². The average molecular weight is 317 g/mol.